The third kappa shape index (κ3) is 5.92. The summed E-state index contributed by atoms with van der Waals surface area (Å²) < 4.78 is 0. The van der Waals surface area contributed by atoms with Crippen LogP contribution in [0.2, 0.25) is 0 Å². The molecule has 190 valence electrons. The first-order chi connectivity index (χ1) is 16.8. The number of carbonyl (C=O) groups is 4. The van der Waals surface area contributed by atoms with Gasteiger partial charge >= 0.3 is 6.03 Å². The third-order valence-corrected chi connectivity index (χ3v) is 7.50. The summed E-state index contributed by atoms with van der Waals surface area (Å²) in [4.78, 5) is 54.9. The van der Waals surface area contributed by atoms with Gasteiger partial charge in [-0.1, -0.05) is 57.4 Å². The van der Waals surface area contributed by atoms with E-state index in [4.69, 9.17) is 0 Å². The molecule has 1 saturated carbocycles. The first kappa shape index (κ1) is 25.4. The molecule has 1 aromatic rings. The molecule has 4 rings (SSSR count). The van der Waals surface area contributed by atoms with Gasteiger partial charge in [-0.05, 0) is 55.7 Å². The quantitative estimate of drug-likeness (QED) is 0.555. The minimum atomic E-state index is -0.855. The van der Waals surface area contributed by atoms with E-state index in [1.807, 2.05) is 19.9 Å². The Morgan fingerprint density at radius 1 is 1.03 bits per heavy atom. The maximum atomic E-state index is 13.3. The topological polar surface area (TPSA) is 98.8 Å². The zero-order chi connectivity index (χ0) is 25.0. The van der Waals surface area contributed by atoms with E-state index >= 15 is 0 Å². The monoisotopic (exact) mass is 482 g/mol. The van der Waals surface area contributed by atoms with Gasteiger partial charge in [0, 0.05) is 6.54 Å². The summed E-state index contributed by atoms with van der Waals surface area (Å²) in [5.74, 6) is -0.613. The summed E-state index contributed by atoms with van der Waals surface area (Å²) in [5, 5.41) is 5.68. The molecular formula is C27H38N4O4. The van der Waals surface area contributed by atoms with Crippen molar-refractivity contribution in [3.8, 4) is 0 Å². The lowest BCUT2D eigenvalue weighted by atomic mass is 9.82. The van der Waals surface area contributed by atoms with Crippen LogP contribution in [-0.2, 0) is 27.3 Å². The van der Waals surface area contributed by atoms with Crippen molar-refractivity contribution < 1.29 is 19.2 Å². The second kappa shape index (κ2) is 10.9. The van der Waals surface area contributed by atoms with Gasteiger partial charge < -0.3 is 10.6 Å². The van der Waals surface area contributed by atoms with Crippen LogP contribution in [0.3, 0.4) is 0 Å². The second-order valence-corrected chi connectivity index (χ2v) is 10.8. The molecule has 0 unspecified atom stereocenters. The Labute approximate surface area is 207 Å². The van der Waals surface area contributed by atoms with Crippen LogP contribution in [-0.4, -0.2) is 64.6 Å². The number of urea groups is 1. The normalized spacial score (nSPS) is 20.9. The van der Waals surface area contributed by atoms with Gasteiger partial charge in [0.25, 0.3) is 5.91 Å². The summed E-state index contributed by atoms with van der Waals surface area (Å²) in [6.07, 6.45) is 6.55. The smallest absolute Gasteiger partial charge is 0.325 e. The molecule has 1 saturated heterocycles. The van der Waals surface area contributed by atoms with Crippen LogP contribution in [0.4, 0.5) is 4.79 Å². The van der Waals surface area contributed by atoms with E-state index < -0.39 is 23.5 Å². The van der Waals surface area contributed by atoms with Crippen LogP contribution in [0.1, 0.15) is 69.9 Å². The number of imide groups is 1. The minimum absolute atomic E-state index is 0.0348. The Balaban J connectivity index is 1.37. The summed E-state index contributed by atoms with van der Waals surface area (Å²) in [6.45, 7) is 5.48. The third-order valence-electron chi connectivity index (χ3n) is 7.50. The number of hydrogen-bond donors (Lipinski definition) is 2. The molecule has 1 aliphatic carbocycles. The molecule has 8 heteroatoms. The number of nitrogens with one attached hydrogen (secondary N) is 2. The molecule has 4 amide bonds. The van der Waals surface area contributed by atoms with E-state index in [2.05, 4.69) is 33.7 Å². The average Bonchev–Trinajstić information content (AvgIpc) is 2.95. The minimum Gasteiger partial charge on any atom is -0.345 e. The first-order valence-electron chi connectivity index (χ1n) is 13.0. The largest absolute Gasteiger partial charge is 0.345 e. The molecule has 3 aliphatic rings. The fourth-order valence-electron chi connectivity index (χ4n) is 5.67. The first-order valence-corrected chi connectivity index (χ1v) is 13.0. The highest BCUT2D eigenvalue weighted by atomic mass is 16.2. The summed E-state index contributed by atoms with van der Waals surface area (Å²) in [7, 11) is 0. The van der Waals surface area contributed by atoms with Gasteiger partial charge in [-0.2, -0.15) is 0 Å². The van der Waals surface area contributed by atoms with E-state index in [1.165, 1.54) is 11.1 Å². The van der Waals surface area contributed by atoms with Crippen molar-refractivity contribution in [2.45, 2.75) is 83.3 Å². The summed E-state index contributed by atoms with van der Waals surface area (Å²) >= 11 is 0. The Morgan fingerprint density at radius 2 is 1.74 bits per heavy atom. The standard InChI is InChI=1S/C27H38N4O4/c1-19(2)15-22(23(32)17-30-14-8-11-20-9-4-5-10-21(20)16-30)28-24(33)18-31-25(34)27(29-26(31)35)12-6-3-7-13-27/h4-5,9-10,19,22H,3,6-8,11-18H2,1-2H3,(H,28,33)(H,29,35)/t22-/m0/s1. The van der Waals surface area contributed by atoms with E-state index in [0.29, 0.717) is 19.3 Å². The maximum Gasteiger partial charge on any atom is 0.325 e. The Hall–Kier alpha value is -2.74. The van der Waals surface area contributed by atoms with Crippen molar-refractivity contribution in [1.82, 2.24) is 20.4 Å². The van der Waals surface area contributed by atoms with Crippen LogP contribution >= 0.6 is 0 Å². The Morgan fingerprint density at radius 3 is 2.46 bits per heavy atom. The highest BCUT2D eigenvalue weighted by molar-refractivity contribution is 6.09. The predicted molar refractivity (Wildman–Crippen MR) is 132 cm³/mol. The number of ketones is 1. The van der Waals surface area contributed by atoms with E-state index in [-0.39, 0.29) is 30.7 Å². The number of nitrogens with zero attached hydrogens (tertiary/aromatic N) is 2. The van der Waals surface area contributed by atoms with Gasteiger partial charge in [0.1, 0.15) is 12.1 Å². The van der Waals surface area contributed by atoms with Gasteiger partial charge in [-0.15, -0.1) is 0 Å². The van der Waals surface area contributed by atoms with Gasteiger partial charge in [0.2, 0.25) is 5.91 Å². The molecule has 2 fully saturated rings. The molecule has 0 aromatic heterocycles. The van der Waals surface area contributed by atoms with E-state index in [1.54, 1.807) is 0 Å². The lowest BCUT2D eigenvalue weighted by Gasteiger charge is -2.30. The fourth-order valence-corrected chi connectivity index (χ4v) is 5.67. The van der Waals surface area contributed by atoms with Gasteiger partial charge in [-0.3, -0.25) is 24.2 Å². The predicted octanol–water partition coefficient (Wildman–Crippen LogP) is 2.79. The maximum absolute atomic E-state index is 13.3. The highest BCUT2D eigenvalue weighted by Gasteiger charge is 2.51. The molecule has 2 N–H and O–H groups in total. The van der Waals surface area contributed by atoms with Crippen LogP contribution in [0.15, 0.2) is 24.3 Å². The number of carbonyl (C=O) groups excluding carboxylic acids is 4. The Kier molecular flexibility index (Phi) is 7.89. The Bertz CT molecular complexity index is 970. The fraction of sp³-hybridized carbons (Fsp3) is 0.630. The molecule has 2 aliphatic heterocycles. The molecule has 8 nitrogen and oxygen atoms in total. The molecule has 2 heterocycles. The lowest BCUT2D eigenvalue weighted by molar-refractivity contribution is -0.136. The molecular weight excluding hydrogens is 444 g/mol. The van der Waals surface area contributed by atoms with Crippen molar-refractivity contribution in [2.24, 2.45) is 5.92 Å². The number of rotatable bonds is 8. The number of hydrogen-bond acceptors (Lipinski definition) is 5. The number of benzene rings is 1. The van der Waals surface area contributed by atoms with Crippen molar-refractivity contribution in [3.05, 3.63) is 35.4 Å². The van der Waals surface area contributed by atoms with Crippen molar-refractivity contribution in [3.63, 3.8) is 0 Å². The summed E-state index contributed by atoms with van der Waals surface area (Å²) in [6, 6.07) is 7.18. The van der Waals surface area contributed by atoms with Crippen molar-refractivity contribution >= 4 is 23.6 Å². The highest BCUT2D eigenvalue weighted by Crippen LogP contribution is 2.33. The molecule has 1 atom stereocenters. The molecule has 0 bridgehead atoms. The number of Topliss-reactive ketones (excluding diaryl/α,β-unsaturated/α-hetero) is 1. The van der Waals surface area contributed by atoms with Crippen LogP contribution in [0.5, 0.6) is 0 Å². The summed E-state index contributed by atoms with van der Waals surface area (Å²) in [5.41, 5.74) is 1.72. The van der Waals surface area contributed by atoms with Crippen LogP contribution in [0, 0.1) is 5.92 Å². The molecule has 35 heavy (non-hydrogen) atoms. The van der Waals surface area contributed by atoms with Gasteiger partial charge in [0.15, 0.2) is 5.78 Å². The van der Waals surface area contributed by atoms with Crippen molar-refractivity contribution in [1.29, 1.82) is 0 Å². The number of fused-ring (bicyclic) bond motifs is 1. The molecule has 0 radical (unpaired) electrons. The van der Waals surface area contributed by atoms with E-state index in [9.17, 15) is 19.2 Å². The van der Waals surface area contributed by atoms with E-state index in [0.717, 1.165) is 50.1 Å². The van der Waals surface area contributed by atoms with Crippen molar-refractivity contribution in [2.75, 3.05) is 19.6 Å². The zero-order valence-corrected chi connectivity index (χ0v) is 21.0. The van der Waals surface area contributed by atoms with Gasteiger partial charge in [-0.25, -0.2) is 4.79 Å². The molecule has 1 aromatic carbocycles. The van der Waals surface area contributed by atoms with Crippen LogP contribution in [0.25, 0.3) is 0 Å². The zero-order valence-electron chi connectivity index (χ0n) is 21.0. The molecule has 1 spiro atoms. The average molecular weight is 483 g/mol. The number of amides is 4. The second-order valence-electron chi connectivity index (χ2n) is 10.8. The van der Waals surface area contributed by atoms with Crippen LogP contribution < -0.4 is 10.6 Å². The number of aryl methyl sites for hydroxylation is 1. The SMILES string of the molecule is CC(C)C[C@H](NC(=O)CN1C(=O)NC2(CCCCC2)C1=O)C(=O)CN1CCCc2ccccc2C1. The van der Waals surface area contributed by atoms with Gasteiger partial charge in [0.05, 0.1) is 12.6 Å². The lowest BCUT2D eigenvalue weighted by Crippen LogP contribution is -2.51.